The van der Waals surface area contributed by atoms with Gasteiger partial charge in [0.15, 0.2) is 6.10 Å². The molecular formula is C67H122NO8P. The maximum atomic E-state index is 12.7. The number of hydrogen-bond acceptors (Lipinski definition) is 8. The molecule has 0 heterocycles. The normalized spacial score (nSPS) is 13.5. The van der Waals surface area contributed by atoms with Crippen LogP contribution in [0.2, 0.25) is 0 Å². The number of hydrogen-bond donors (Lipinski definition) is 2. The van der Waals surface area contributed by atoms with Gasteiger partial charge in [0.05, 0.1) is 13.2 Å². The summed E-state index contributed by atoms with van der Waals surface area (Å²) >= 11 is 0. The Hall–Kier alpha value is -2.55. The van der Waals surface area contributed by atoms with Gasteiger partial charge in [0.2, 0.25) is 0 Å². The number of phosphoric acid groups is 1. The molecule has 0 amide bonds. The van der Waals surface area contributed by atoms with Crippen LogP contribution in [0.3, 0.4) is 0 Å². The molecule has 0 aromatic rings. The molecule has 0 aliphatic carbocycles. The van der Waals surface area contributed by atoms with E-state index in [0.29, 0.717) is 6.42 Å². The van der Waals surface area contributed by atoms with Crippen molar-refractivity contribution in [3.05, 3.63) is 72.9 Å². The number of rotatable bonds is 61. The Labute approximate surface area is 475 Å². The van der Waals surface area contributed by atoms with E-state index in [4.69, 9.17) is 24.3 Å². The molecule has 0 saturated heterocycles. The van der Waals surface area contributed by atoms with Crippen LogP contribution in [-0.4, -0.2) is 49.3 Å². The second-order valence-electron chi connectivity index (χ2n) is 21.6. The minimum absolute atomic E-state index is 0.0534. The lowest BCUT2D eigenvalue weighted by Gasteiger charge is -2.19. The lowest BCUT2D eigenvalue weighted by molar-refractivity contribution is -0.161. The van der Waals surface area contributed by atoms with Gasteiger partial charge in [-0.1, -0.05) is 286 Å². The molecule has 9 nitrogen and oxygen atoms in total. The Kier molecular flexibility index (Phi) is 60.6. The number of carbonyl (C=O) groups excluding carboxylic acids is 2. The zero-order valence-electron chi connectivity index (χ0n) is 50.2. The van der Waals surface area contributed by atoms with E-state index in [0.717, 1.165) is 64.2 Å². The van der Waals surface area contributed by atoms with Crippen molar-refractivity contribution in [2.75, 3.05) is 26.4 Å². The standard InChI is InChI=1S/C67H122NO8P/c1-3-5-7-9-11-13-15-17-19-21-23-24-25-26-27-28-29-30-31-32-33-34-35-36-37-38-39-40-42-44-46-48-50-52-54-56-58-60-67(70)76-65(64-75-77(71,72)74-62-61-68)63-73-66(69)59-57-55-53-51-49-47-45-43-41-22-20-18-16-14-12-10-8-6-4-2/h5,7,11,13,17-20,23-24,26-27,65H,3-4,6,8-10,12,14-16,21-22,25,28-64,68H2,1-2H3,(H,71,72)/b7-5-,13-11-,19-17-,20-18-,24-23-,27-26-. The second-order valence-corrected chi connectivity index (χ2v) is 23.1. The van der Waals surface area contributed by atoms with Gasteiger partial charge in [-0.05, 0) is 83.5 Å². The summed E-state index contributed by atoms with van der Waals surface area (Å²) in [6.07, 6.45) is 81.3. The van der Waals surface area contributed by atoms with Crippen LogP contribution in [0.4, 0.5) is 0 Å². The molecule has 0 fully saturated rings. The molecule has 77 heavy (non-hydrogen) atoms. The summed E-state index contributed by atoms with van der Waals surface area (Å²) in [5.74, 6) is -0.817. The summed E-state index contributed by atoms with van der Waals surface area (Å²) in [5, 5.41) is 0. The van der Waals surface area contributed by atoms with Gasteiger partial charge in [0.25, 0.3) is 0 Å². The molecule has 0 bridgehead atoms. The van der Waals surface area contributed by atoms with Crippen LogP contribution in [0.5, 0.6) is 0 Å². The van der Waals surface area contributed by atoms with Crippen LogP contribution in [0.15, 0.2) is 72.9 Å². The van der Waals surface area contributed by atoms with Crippen LogP contribution in [0.25, 0.3) is 0 Å². The first-order valence-corrected chi connectivity index (χ1v) is 33.9. The van der Waals surface area contributed by atoms with Crippen molar-refractivity contribution in [2.45, 2.75) is 315 Å². The maximum Gasteiger partial charge on any atom is 0.472 e. The first-order chi connectivity index (χ1) is 37.8. The Morgan fingerprint density at radius 3 is 1.08 bits per heavy atom. The molecule has 0 saturated carbocycles. The van der Waals surface area contributed by atoms with Crippen LogP contribution < -0.4 is 5.73 Å². The molecule has 3 N–H and O–H groups in total. The van der Waals surface area contributed by atoms with E-state index >= 15 is 0 Å². The highest BCUT2D eigenvalue weighted by atomic mass is 31.2. The van der Waals surface area contributed by atoms with E-state index < -0.39 is 26.5 Å². The highest BCUT2D eigenvalue weighted by Crippen LogP contribution is 2.43. The van der Waals surface area contributed by atoms with Crippen molar-refractivity contribution in [1.82, 2.24) is 0 Å². The third-order valence-corrected chi connectivity index (χ3v) is 15.1. The largest absolute Gasteiger partial charge is 0.472 e. The van der Waals surface area contributed by atoms with E-state index in [1.165, 1.54) is 212 Å². The third-order valence-electron chi connectivity index (χ3n) is 14.1. The van der Waals surface area contributed by atoms with Crippen molar-refractivity contribution < 1.29 is 37.6 Å². The Bertz CT molecular complexity index is 1490. The van der Waals surface area contributed by atoms with Gasteiger partial charge in [0, 0.05) is 19.4 Å². The fourth-order valence-electron chi connectivity index (χ4n) is 9.31. The second kappa shape index (κ2) is 62.6. The molecule has 0 aliphatic rings. The van der Waals surface area contributed by atoms with Crippen LogP contribution >= 0.6 is 7.82 Å². The van der Waals surface area contributed by atoms with Crippen LogP contribution in [0, 0.1) is 0 Å². The Morgan fingerprint density at radius 1 is 0.403 bits per heavy atom. The molecular weight excluding hydrogens is 978 g/mol. The van der Waals surface area contributed by atoms with E-state index in [2.05, 4.69) is 86.8 Å². The SMILES string of the molecule is CC/C=C\C/C=C\C/C=C\C/C=C\C/C=C\CCCCCCCCCCCCCCCCCCCCCCCC(=O)OC(COC(=O)CCCCCCCCCCC/C=C\CCCCCCCC)COP(=O)(O)OCCN. The summed E-state index contributed by atoms with van der Waals surface area (Å²) < 4.78 is 33.1. The predicted molar refractivity (Wildman–Crippen MR) is 330 cm³/mol. The number of esters is 2. The summed E-state index contributed by atoms with van der Waals surface area (Å²) in [7, 11) is -4.39. The first-order valence-electron chi connectivity index (χ1n) is 32.4. The lowest BCUT2D eigenvalue weighted by Crippen LogP contribution is -2.29. The Morgan fingerprint density at radius 2 is 0.714 bits per heavy atom. The van der Waals surface area contributed by atoms with Gasteiger partial charge in [-0.3, -0.25) is 18.6 Å². The molecule has 0 rings (SSSR count). The van der Waals surface area contributed by atoms with Crippen LogP contribution in [0.1, 0.15) is 309 Å². The molecule has 10 heteroatoms. The highest BCUT2D eigenvalue weighted by molar-refractivity contribution is 7.47. The van der Waals surface area contributed by atoms with Crippen molar-refractivity contribution in [3.63, 3.8) is 0 Å². The van der Waals surface area contributed by atoms with Crippen molar-refractivity contribution >= 4 is 19.8 Å². The average Bonchev–Trinajstić information content (AvgIpc) is 3.42. The highest BCUT2D eigenvalue weighted by Gasteiger charge is 2.26. The molecule has 2 unspecified atom stereocenters. The molecule has 448 valence electrons. The van der Waals surface area contributed by atoms with Crippen LogP contribution in [-0.2, 0) is 32.7 Å². The van der Waals surface area contributed by atoms with Gasteiger partial charge in [-0.25, -0.2) is 4.57 Å². The summed E-state index contributed by atoms with van der Waals surface area (Å²) in [5.41, 5.74) is 5.39. The van der Waals surface area contributed by atoms with Gasteiger partial charge >= 0.3 is 19.8 Å². The van der Waals surface area contributed by atoms with Crippen molar-refractivity contribution in [2.24, 2.45) is 5.73 Å². The van der Waals surface area contributed by atoms with Crippen molar-refractivity contribution in [3.8, 4) is 0 Å². The lowest BCUT2D eigenvalue weighted by atomic mass is 10.0. The van der Waals surface area contributed by atoms with E-state index in [1.807, 2.05) is 0 Å². The molecule has 0 radical (unpaired) electrons. The fourth-order valence-corrected chi connectivity index (χ4v) is 10.1. The summed E-state index contributed by atoms with van der Waals surface area (Å²) in [4.78, 5) is 35.2. The monoisotopic (exact) mass is 1100 g/mol. The van der Waals surface area contributed by atoms with Gasteiger partial charge in [0.1, 0.15) is 6.61 Å². The zero-order chi connectivity index (χ0) is 55.9. The number of ether oxygens (including phenoxy) is 2. The maximum absolute atomic E-state index is 12.7. The smallest absolute Gasteiger partial charge is 0.462 e. The fraction of sp³-hybridized carbons (Fsp3) is 0.791. The Balaban J connectivity index is 3.83. The number of allylic oxidation sites excluding steroid dienone is 12. The summed E-state index contributed by atoms with van der Waals surface area (Å²) in [6.45, 7) is 3.66. The molecule has 0 aromatic heterocycles. The summed E-state index contributed by atoms with van der Waals surface area (Å²) in [6, 6.07) is 0. The minimum Gasteiger partial charge on any atom is -0.462 e. The van der Waals surface area contributed by atoms with E-state index in [9.17, 15) is 19.0 Å². The van der Waals surface area contributed by atoms with Gasteiger partial charge < -0.3 is 20.1 Å². The first kappa shape index (κ1) is 74.5. The number of nitrogens with two attached hydrogens (primary N) is 1. The molecule has 0 aliphatic heterocycles. The number of unbranched alkanes of at least 4 members (excludes halogenated alkanes) is 36. The van der Waals surface area contributed by atoms with E-state index in [-0.39, 0.29) is 38.6 Å². The number of phosphoric ester groups is 1. The van der Waals surface area contributed by atoms with Gasteiger partial charge in [-0.2, -0.15) is 0 Å². The third kappa shape index (κ3) is 62.5. The quantitative estimate of drug-likeness (QED) is 0.0264. The van der Waals surface area contributed by atoms with Crippen molar-refractivity contribution in [1.29, 1.82) is 0 Å². The van der Waals surface area contributed by atoms with Gasteiger partial charge in [-0.15, -0.1) is 0 Å². The topological polar surface area (TPSA) is 134 Å². The van der Waals surface area contributed by atoms with E-state index in [1.54, 1.807) is 0 Å². The molecule has 0 spiro atoms. The zero-order valence-corrected chi connectivity index (χ0v) is 51.1. The number of carbonyl (C=O) groups is 2. The predicted octanol–water partition coefficient (Wildman–Crippen LogP) is 20.9. The molecule has 2 atom stereocenters. The average molecular weight is 1100 g/mol. The minimum atomic E-state index is -4.39. The molecule has 0 aromatic carbocycles.